The SMILES string of the molecule is COC(=O)C1N[C@H]2CC[C@@H]1C2. The molecule has 3 atom stereocenters. The molecule has 11 heavy (non-hydrogen) atoms. The van der Waals surface area contributed by atoms with Crippen molar-refractivity contribution in [3.8, 4) is 0 Å². The summed E-state index contributed by atoms with van der Waals surface area (Å²) in [7, 11) is 1.45. The van der Waals surface area contributed by atoms with Gasteiger partial charge in [-0.25, -0.2) is 0 Å². The third-order valence-corrected chi connectivity index (χ3v) is 2.81. The van der Waals surface area contributed by atoms with Crippen molar-refractivity contribution < 1.29 is 9.53 Å². The lowest BCUT2D eigenvalue weighted by molar-refractivity contribution is -0.144. The van der Waals surface area contributed by atoms with Gasteiger partial charge in [0.1, 0.15) is 6.04 Å². The summed E-state index contributed by atoms with van der Waals surface area (Å²) in [6.07, 6.45) is 3.59. The highest BCUT2D eigenvalue weighted by atomic mass is 16.5. The number of rotatable bonds is 1. The molecular formula is C8H13NO2. The Morgan fingerprint density at radius 3 is 2.82 bits per heavy atom. The molecule has 1 saturated carbocycles. The van der Waals surface area contributed by atoms with Crippen LogP contribution in [0.1, 0.15) is 19.3 Å². The van der Waals surface area contributed by atoms with Crippen LogP contribution in [0, 0.1) is 5.92 Å². The molecule has 1 unspecified atom stereocenters. The Morgan fingerprint density at radius 1 is 1.55 bits per heavy atom. The molecular weight excluding hydrogens is 142 g/mol. The van der Waals surface area contributed by atoms with Crippen LogP contribution in [0.2, 0.25) is 0 Å². The molecule has 1 aliphatic carbocycles. The number of nitrogens with one attached hydrogen (secondary N) is 1. The van der Waals surface area contributed by atoms with E-state index in [0.29, 0.717) is 12.0 Å². The summed E-state index contributed by atoms with van der Waals surface area (Å²) in [5, 5.41) is 3.27. The number of carbonyl (C=O) groups excluding carboxylic acids is 1. The third kappa shape index (κ3) is 1.03. The Bertz CT molecular complexity index is 181. The normalized spacial score (nSPS) is 41.0. The Hall–Kier alpha value is -0.570. The van der Waals surface area contributed by atoms with Crippen molar-refractivity contribution in [3.05, 3.63) is 0 Å². The first kappa shape index (κ1) is 7.10. The van der Waals surface area contributed by atoms with Crippen LogP contribution in [0.15, 0.2) is 0 Å². The van der Waals surface area contributed by atoms with Gasteiger partial charge in [-0.3, -0.25) is 4.79 Å². The van der Waals surface area contributed by atoms with Gasteiger partial charge in [0.2, 0.25) is 0 Å². The molecule has 0 aromatic heterocycles. The van der Waals surface area contributed by atoms with Crippen LogP contribution in [-0.4, -0.2) is 25.2 Å². The fourth-order valence-electron chi connectivity index (χ4n) is 2.25. The average molecular weight is 155 g/mol. The standard InChI is InChI=1S/C8H13NO2/c1-11-8(10)7-5-2-3-6(4-5)9-7/h5-7,9H,2-4H2,1H3/t5-,6+,7?/m1/s1. The van der Waals surface area contributed by atoms with Gasteiger partial charge in [0.25, 0.3) is 0 Å². The fraction of sp³-hybridized carbons (Fsp3) is 0.875. The highest BCUT2D eigenvalue weighted by molar-refractivity contribution is 5.76. The lowest BCUT2D eigenvalue weighted by atomic mass is 10.0. The van der Waals surface area contributed by atoms with Gasteiger partial charge in [-0.15, -0.1) is 0 Å². The van der Waals surface area contributed by atoms with Gasteiger partial charge in [-0.2, -0.15) is 0 Å². The molecule has 3 nitrogen and oxygen atoms in total. The van der Waals surface area contributed by atoms with E-state index >= 15 is 0 Å². The summed E-state index contributed by atoms with van der Waals surface area (Å²) in [4.78, 5) is 11.1. The van der Waals surface area contributed by atoms with Crippen molar-refractivity contribution in [1.82, 2.24) is 5.32 Å². The maximum Gasteiger partial charge on any atom is 0.323 e. The smallest absolute Gasteiger partial charge is 0.323 e. The lowest BCUT2D eigenvalue weighted by Crippen LogP contribution is -2.42. The summed E-state index contributed by atoms with van der Waals surface area (Å²) in [6.45, 7) is 0. The van der Waals surface area contributed by atoms with E-state index in [4.69, 9.17) is 0 Å². The van der Waals surface area contributed by atoms with Gasteiger partial charge in [0, 0.05) is 6.04 Å². The second-order valence-electron chi connectivity index (χ2n) is 3.44. The molecule has 1 saturated heterocycles. The van der Waals surface area contributed by atoms with Gasteiger partial charge in [-0.05, 0) is 25.2 Å². The second-order valence-corrected chi connectivity index (χ2v) is 3.44. The number of hydrogen-bond acceptors (Lipinski definition) is 3. The van der Waals surface area contributed by atoms with Crippen molar-refractivity contribution in [1.29, 1.82) is 0 Å². The molecule has 0 spiro atoms. The Labute approximate surface area is 66.1 Å². The quantitative estimate of drug-likeness (QED) is 0.553. The molecule has 1 N–H and O–H groups in total. The largest absolute Gasteiger partial charge is 0.468 e. The van der Waals surface area contributed by atoms with Gasteiger partial charge in [0.05, 0.1) is 7.11 Å². The molecule has 1 aliphatic heterocycles. The number of ether oxygens (including phenoxy) is 1. The first-order chi connectivity index (χ1) is 5.31. The van der Waals surface area contributed by atoms with Gasteiger partial charge >= 0.3 is 5.97 Å². The summed E-state index contributed by atoms with van der Waals surface area (Å²) < 4.78 is 4.69. The Balaban J connectivity index is 2.02. The molecule has 2 rings (SSSR count). The molecule has 2 aliphatic rings. The number of piperidine rings is 1. The zero-order chi connectivity index (χ0) is 7.84. The van der Waals surface area contributed by atoms with Crippen LogP contribution in [0.25, 0.3) is 0 Å². The lowest BCUT2D eigenvalue weighted by Gasteiger charge is -2.20. The average Bonchev–Trinajstić information content (AvgIpc) is 2.62. The Kier molecular flexibility index (Phi) is 1.60. The molecule has 0 aromatic rings. The third-order valence-electron chi connectivity index (χ3n) is 2.81. The molecule has 2 fully saturated rings. The molecule has 2 bridgehead atoms. The number of fused-ring (bicyclic) bond motifs is 2. The van der Waals surface area contributed by atoms with Crippen LogP contribution >= 0.6 is 0 Å². The first-order valence-electron chi connectivity index (χ1n) is 4.15. The van der Waals surface area contributed by atoms with E-state index < -0.39 is 0 Å². The molecule has 1 heterocycles. The highest BCUT2D eigenvalue weighted by Crippen LogP contribution is 2.35. The molecule has 3 heteroatoms. The molecule has 62 valence electrons. The number of methoxy groups -OCH3 is 1. The Morgan fingerprint density at radius 2 is 2.36 bits per heavy atom. The van der Waals surface area contributed by atoms with Crippen LogP contribution in [0.5, 0.6) is 0 Å². The van der Waals surface area contributed by atoms with Gasteiger partial charge in [0.15, 0.2) is 0 Å². The predicted molar refractivity (Wildman–Crippen MR) is 40.1 cm³/mol. The van der Waals surface area contributed by atoms with Crippen LogP contribution in [0.4, 0.5) is 0 Å². The van der Waals surface area contributed by atoms with Gasteiger partial charge < -0.3 is 10.1 Å². The molecule has 0 aromatic carbocycles. The topological polar surface area (TPSA) is 38.3 Å². The van der Waals surface area contributed by atoms with E-state index in [1.54, 1.807) is 0 Å². The second kappa shape index (κ2) is 2.48. The number of esters is 1. The van der Waals surface area contributed by atoms with Crippen molar-refractivity contribution in [2.24, 2.45) is 5.92 Å². The minimum atomic E-state index is -0.0859. The van der Waals surface area contributed by atoms with E-state index in [0.717, 1.165) is 0 Å². The van der Waals surface area contributed by atoms with E-state index in [2.05, 4.69) is 10.1 Å². The molecule has 0 radical (unpaired) electrons. The summed E-state index contributed by atoms with van der Waals surface area (Å²) in [5.41, 5.74) is 0. The maximum absolute atomic E-state index is 11.1. The highest BCUT2D eigenvalue weighted by Gasteiger charge is 2.43. The minimum Gasteiger partial charge on any atom is -0.468 e. The zero-order valence-corrected chi connectivity index (χ0v) is 6.67. The summed E-state index contributed by atoms with van der Waals surface area (Å²) in [6, 6.07) is 0.586. The van der Waals surface area contributed by atoms with Crippen molar-refractivity contribution in [3.63, 3.8) is 0 Å². The molecule has 0 amide bonds. The number of hydrogen-bond donors (Lipinski definition) is 1. The van der Waals surface area contributed by atoms with E-state index in [-0.39, 0.29) is 12.0 Å². The summed E-state index contributed by atoms with van der Waals surface area (Å²) >= 11 is 0. The number of carbonyl (C=O) groups is 1. The van der Waals surface area contributed by atoms with E-state index in [1.807, 2.05) is 0 Å². The van der Waals surface area contributed by atoms with E-state index in [1.165, 1.54) is 26.4 Å². The minimum absolute atomic E-state index is 0.00116. The van der Waals surface area contributed by atoms with Crippen LogP contribution in [0.3, 0.4) is 0 Å². The monoisotopic (exact) mass is 155 g/mol. The predicted octanol–water partition coefficient (Wildman–Crippen LogP) is 0.300. The fourth-order valence-corrected chi connectivity index (χ4v) is 2.25. The van der Waals surface area contributed by atoms with Crippen molar-refractivity contribution >= 4 is 5.97 Å². The summed E-state index contributed by atoms with van der Waals surface area (Å²) in [5.74, 6) is 0.463. The van der Waals surface area contributed by atoms with Crippen LogP contribution < -0.4 is 5.32 Å². The zero-order valence-electron chi connectivity index (χ0n) is 6.67. The van der Waals surface area contributed by atoms with Crippen molar-refractivity contribution in [2.75, 3.05) is 7.11 Å². The van der Waals surface area contributed by atoms with Crippen molar-refractivity contribution in [2.45, 2.75) is 31.3 Å². The maximum atomic E-state index is 11.1. The van der Waals surface area contributed by atoms with Gasteiger partial charge in [-0.1, -0.05) is 0 Å². The first-order valence-corrected chi connectivity index (χ1v) is 4.15. The van der Waals surface area contributed by atoms with E-state index in [9.17, 15) is 4.79 Å². The van der Waals surface area contributed by atoms with Crippen LogP contribution in [-0.2, 0) is 9.53 Å².